The van der Waals surface area contributed by atoms with Crippen LogP contribution >= 0.6 is 12.6 Å². The first kappa shape index (κ1) is 14.2. The fourth-order valence-electron chi connectivity index (χ4n) is 1.28. The van der Waals surface area contributed by atoms with Gasteiger partial charge in [0.05, 0.1) is 18.3 Å². The molecule has 4 heteroatoms. The van der Waals surface area contributed by atoms with Gasteiger partial charge < -0.3 is 15.3 Å². The van der Waals surface area contributed by atoms with Crippen LogP contribution < -0.4 is 0 Å². The molecule has 0 radical (unpaired) electrons. The van der Waals surface area contributed by atoms with Crippen molar-refractivity contribution in [2.75, 3.05) is 5.75 Å². The summed E-state index contributed by atoms with van der Waals surface area (Å²) < 4.78 is 0. The predicted molar refractivity (Wildman–Crippen MR) is 60.6 cm³/mol. The number of aliphatic hydroxyl groups is 3. The van der Waals surface area contributed by atoms with Crippen molar-refractivity contribution in [3.63, 3.8) is 0 Å². The molecular weight excluding hydrogens is 200 g/mol. The van der Waals surface area contributed by atoms with Gasteiger partial charge >= 0.3 is 0 Å². The molecule has 86 valence electrons. The molecular formula is C10H22O3S. The lowest BCUT2D eigenvalue weighted by atomic mass is 10.0. The molecule has 3 atom stereocenters. The molecule has 0 saturated carbocycles. The first-order valence-corrected chi connectivity index (χ1v) is 5.88. The van der Waals surface area contributed by atoms with Crippen LogP contribution in [0.15, 0.2) is 0 Å². The summed E-state index contributed by atoms with van der Waals surface area (Å²) in [5.41, 5.74) is 0. The molecule has 0 aromatic heterocycles. The third kappa shape index (κ3) is 7.62. The standard InChI is InChI=1S/C10H22O3S/c1-2-8(11)6-9(12)4-3-5-10(13)7-14/h8-14H,2-7H2,1H3. The van der Waals surface area contributed by atoms with E-state index in [2.05, 4.69) is 12.6 Å². The van der Waals surface area contributed by atoms with Crippen molar-refractivity contribution in [1.82, 2.24) is 0 Å². The van der Waals surface area contributed by atoms with Crippen LogP contribution in [0.3, 0.4) is 0 Å². The molecule has 3 nitrogen and oxygen atoms in total. The molecule has 0 aliphatic heterocycles. The highest BCUT2D eigenvalue weighted by Crippen LogP contribution is 2.10. The quantitative estimate of drug-likeness (QED) is 0.463. The van der Waals surface area contributed by atoms with Crippen LogP contribution in [0.25, 0.3) is 0 Å². The molecule has 0 aromatic rings. The van der Waals surface area contributed by atoms with Crippen molar-refractivity contribution < 1.29 is 15.3 Å². The van der Waals surface area contributed by atoms with Gasteiger partial charge in [0, 0.05) is 5.75 Å². The lowest BCUT2D eigenvalue weighted by molar-refractivity contribution is 0.0696. The number of hydrogen-bond acceptors (Lipinski definition) is 4. The monoisotopic (exact) mass is 222 g/mol. The van der Waals surface area contributed by atoms with Crippen LogP contribution in [0.4, 0.5) is 0 Å². The van der Waals surface area contributed by atoms with Crippen LogP contribution in [0.5, 0.6) is 0 Å². The van der Waals surface area contributed by atoms with Gasteiger partial charge in [0.1, 0.15) is 0 Å². The van der Waals surface area contributed by atoms with Crippen molar-refractivity contribution in [2.24, 2.45) is 0 Å². The summed E-state index contributed by atoms with van der Waals surface area (Å²) in [6.45, 7) is 1.89. The summed E-state index contributed by atoms with van der Waals surface area (Å²) in [6.07, 6.45) is 1.98. The van der Waals surface area contributed by atoms with E-state index in [0.29, 0.717) is 31.4 Å². The van der Waals surface area contributed by atoms with Crippen molar-refractivity contribution in [3.05, 3.63) is 0 Å². The normalized spacial score (nSPS) is 17.8. The third-order valence-corrected chi connectivity index (χ3v) is 2.72. The first-order valence-electron chi connectivity index (χ1n) is 5.25. The Bertz CT molecular complexity index is 133. The van der Waals surface area contributed by atoms with Gasteiger partial charge in [0.15, 0.2) is 0 Å². The van der Waals surface area contributed by atoms with E-state index >= 15 is 0 Å². The summed E-state index contributed by atoms with van der Waals surface area (Å²) in [4.78, 5) is 0. The Balaban J connectivity index is 3.39. The molecule has 0 fully saturated rings. The second-order valence-corrected chi connectivity index (χ2v) is 4.08. The lowest BCUT2D eigenvalue weighted by Gasteiger charge is -2.14. The molecule has 0 aliphatic rings. The number of hydrogen-bond donors (Lipinski definition) is 4. The van der Waals surface area contributed by atoms with Gasteiger partial charge in [-0.05, 0) is 32.1 Å². The van der Waals surface area contributed by atoms with E-state index in [1.165, 1.54) is 0 Å². The van der Waals surface area contributed by atoms with Crippen LogP contribution in [0, 0.1) is 0 Å². The highest BCUT2D eigenvalue weighted by molar-refractivity contribution is 7.80. The average Bonchev–Trinajstić information content (AvgIpc) is 2.17. The molecule has 14 heavy (non-hydrogen) atoms. The SMILES string of the molecule is CCC(O)CC(O)CCCC(O)CS. The summed E-state index contributed by atoms with van der Waals surface area (Å²) in [6, 6.07) is 0. The minimum atomic E-state index is -0.447. The third-order valence-electron chi connectivity index (χ3n) is 2.30. The van der Waals surface area contributed by atoms with E-state index in [0.717, 1.165) is 6.42 Å². The Labute approximate surface area is 91.6 Å². The molecule has 3 unspecified atom stereocenters. The van der Waals surface area contributed by atoms with Gasteiger partial charge in [0.25, 0.3) is 0 Å². The molecule has 3 N–H and O–H groups in total. The molecule has 0 spiro atoms. The second kappa shape index (κ2) is 8.53. The zero-order valence-corrected chi connectivity index (χ0v) is 9.66. The Morgan fingerprint density at radius 2 is 1.57 bits per heavy atom. The van der Waals surface area contributed by atoms with E-state index in [1.54, 1.807) is 0 Å². The van der Waals surface area contributed by atoms with E-state index in [1.807, 2.05) is 6.92 Å². The fraction of sp³-hybridized carbons (Fsp3) is 1.00. The summed E-state index contributed by atoms with van der Waals surface area (Å²) in [7, 11) is 0. The molecule has 0 bridgehead atoms. The van der Waals surface area contributed by atoms with Crippen LogP contribution in [0.1, 0.15) is 39.0 Å². The minimum Gasteiger partial charge on any atom is -0.393 e. The summed E-state index contributed by atoms with van der Waals surface area (Å²) >= 11 is 3.96. The van der Waals surface area contributed by atoms with E-state index < -0.39 is 12.2 Å². The summed E-state index contributed by atoms with van der Waals surface area (Å²) in [5, 5.41) is 27.9. The van der Waals surface area contributed by atoms with Gasteiger partial charge in [0.2, 0.25) is 0 Å². The molecule has 0 rings (SSSR count). The molecule has 0 saturated heterocycles. The maximum absolute atomic E-state index is 9.48. The van der Waals surface area contributed by atoms with Gasteiger partial charge in [-0.2, -0.15) is 12.6 Å². The predicted octanol–water partition coefficient (Wildman–Crippen LogP) is 0.969. The van der Waals surface area contributed by atoms with Gasteiger partial charge in [-0.15, -0.1) is 0 Å². The molecule has 0 aliphatic carbocycles. The maximum Gasteiger partial charge on any atom is 0.0628 e. The highest BCUT2D eigenvalue weighted by Gasteiger charge is 2.10. The van der Waals surface area contributed by atoms with Gasteiger partial charge in [-0.1, -0.05) is 6.92 Å². The zero-order chi connectivity index (χ0) is 11.0. The second-order valence-electron chi connectivity index (χ2n) is 3.72. The largest absolute Gasteiger partial charge is 0.393 e. The fourth-order valence-corrected chi connectivity index (χ4v) is 1.46. The molecule has 0 heterocycles. The van der Waals surface area contributed by atoms with Gasteiger partial charge in [-0.3, -0.25) is 0 Å². The molecule has 0 aromatic carbocycles. The summed E-state index contributed by atoms with van der Waals surface area (Å²) in [5.74, 6) is 0.466. The Hall–Kier alpha value is 0.230. The Morgan fingerprint density at radius 1 is 1.00 bits per heavy atom. The number of aliphatic hydroxyl groups excluding tert-OH is 3. The van der Waals surface area contributed by atoms with Crippen molar-refractivity contribution in [1.29, 1.82) is 0 Å². The maximum atomic E-state index is 9.48. The number of rotatable bonds is 8. The smallest absolute Gasteiger partial charge is 0.0628 e. The van der Waals surface area contributed by atoms with Crippen molar-refractivity contribution in [3.8, 4) is 0 Å². The average molecular weight is 222 g/mol. The highest BCUT2D eigenvalue weighted by atomic mass is 32.1. The topological polar surface area (TPSA) is 60.7 Å². The van der Waals surface area contributed by atoms with E-state index in [4.69, 9.17) is 0 Å². The lowest BCUT2D eigenvalue weighted by Crippen LogP contribution is -2.17. The molecule has 0 amide bonds. The van der Waals surface area contributed by atoms with Crippen molar-refractivity contribution in [2.45, 2.75) is 57.3 Å². The van der Waals surface area contributed by atoms with Crippen LogP contribution in [-0.4, -0.2) is 39.4 Å². The van der Waals surface area contributed by atoms with Gasteiger partial charge in [-0.25, -0.2) is 0 Å². The van der Waals surface area contributed by atoms with E-state index in [-0.39, 0.29) is 6.10 Å². The number of thiol groups is 1. The zero-order valence-electron chi connectivity index (χ0n) is 8.76. The van der Waals surface area contributed by atoms with Crippen LogP contribution in [0.2, 0.25) is 0 Å². The van der Waals surface area contributed by atoms with Crippen LogP contribution in [-0.2, 0) is 0 Å². The Kier molecular flexibility index (Phi) is 8.67. The minimum absolute atomic E-state index is 0.373. The Morgan fingerprint density at radius 3 is 2.07 bits per heavy atom. The van der Waals surface area contributed by atoms with E-state index in [9.17, 15) is 15.3 Å². The first-order chi connectivity index (χ1) is 6.60. The van der Waals surface area contributed by atoms with Crippen molar-refractivity contribution >= 4 is 12.6 Å².